The van der Waals surface area contributed by atoms with Crippen molar-refractivity contribution in [2.75, 3.05) is 4.72 Å². The molecule has 1 N–H and O–H groups in total. The zero-order valence-corrected chi connectivity index (χ0v) is 17.1. The van der Waals surface area contributed by atoms with Gasteiger partial charge >= 0.3 is 6.18 Å². The SMILES string of the molecule is O=S(=O)(Nc1ccc(F)c(C(F)(F)F)c1)c1cn(-c2ccccc2)nc1-c1cccs1. The molecular formula is C20H13F4N3O2S2. The Morgan fingerprint density at radius 1 is 1.00 bits per heavy atom. The number of hydrogen-bond acceptors (Lipinski definition) is 4. The molecule has 31 heavy (non-hydrogen) atoms. The summed E-state index contributed by atoms with van der Waals surface area (Å²) in [6.07, 6.45) is -3.69. The monoisotopic (exact) mass is 467 g/mol. The molecule has 0 saturated heterocycles. The number of aromatic nitrogens is 2. The van der Waals surface area contributed by atoms with Crippen LogP contribution < -0.4 is 4.72 Å². The molecule has 0 fully saturated rings. The summed E-state index contributed by atoms with van der Waals surface area (Å²) in [4.78, 5) is 0.335. The van der Waals surface area contributed by atoms with Crippen LogP contribution in [0, 0.1) is 5.82 Å². The average molecular weight is 467 g/mol. The predicted molar refractivity (Wildman–Crippen MR) is 109 cm³/mol. The van der Waals surface area contributed by atoms with Crippen molar-refractivity contribution in [2.24, 2.45) is 0 Å². The molecule has 5 nitrogen and oxygen atoms in total. The number of thiophene rings is 1. The van der Waals surface area contributed by atoms with E-state index in [1.807, 2.05) is 0 Å². The zero-order valence-electron chi connectivity index (χ0n) is 15.5. The second-order valence-electron chi connectivity index (χ2n) is 6.40. The van der Waals surface area contributed by atoms with Crippen LogP contribution in [0.4, 0.5) is 23.2 Å². The van der Waals surface area contributed by atoms with Crippen molar-refractivity contribution in [3.63, 3.8) is 0 Å². The molecule has 0 spiro atoms. The van der Waals surface area contributed by atoms with E-state index in [2.05, 4.69) is 9.82 Å². The Balaban J connectivity index is 1.79. The fraction of sp³-hybridized carbons (Fsp3) is 0.0500. The number of para-hydroxylation sites is 1. The van der Waals surface area contributed by atoms with Crippen LogP contribution in [0.1, 0.15) is 5.56 Å². The van der Waals surface area contributed by atoms with Gasteiger partial charge in [0, 0.05) is 5.69 Å². The Morgan fingerprint density at radius 2 is 1.74 bits per heavy atom. The summed E-state index contributed by atoms with van der Waals surface area (Å²) >= 11 is 1.26. The minimum Gasteiger partial charge on any atom is -0.279 e. The van der Waals surface area contributed by atoms with E-state index in [1.54, 1.807) is 47.8 Å². The molecule has 160 valence electrons. The molecule has 0 aliphatic rings. The topological polar surface area (TPSA) is 64.0 Å². The number of halogens is 4. The Bertz CT molecular complexity index is 1320. The van der Waals surface area contributed by atoms with E-state index in [0.29, 0.717) is 22.7 Å². The first-order valence-corrected chi connectivity index (χ1v) is 11.1. The van der Waals surface area contributed by atoms with Gasteiger partial charge in [0.25, 0.3) is 10.0 Å². The summed E-state index contributed by atoms with van der Waals surface area (Å²) in [7, 11) is -4.35. The summed E-state index contributed by atoms with van der Waals surface area (Å²) in [5.41, 5.74) is -1.24. The smallest absolute Gasteiger partial charge is 0.279 e. The largest absolute Gasteiger partial charge is 0.419 e. The summed E-state index contributed by atoms with van der Waals surface area (Å²) in [5.74, 6) is -1.49. The van der Waals surface area contributed by atoms with E-state index >= 15 is 0 Å². The maximum absolute atomic E-state index is 13.6. The van der Waals surface area contributed by atoms with Gasteiger partial charge in [-0.3, -0.25) is 4.72 Å². The normalized spacial score (nSPS) is 12.1. The quantitative estimate of drug-likeness (QED) is 0.391. The second-order valence-corrected chi connectivity index (χ2v) is 9.00. The van der Waals surface area contributed by atoms with Crippen LogP contribution in [-0.4, -0.2) is 18.2 Å². The molecule has 2 aromatic heterocycles. The standard InChI is InChI=1S/C20H13F4N3O2S2/c21-16-9-8-13(11-15(16)20(22,23)24)26-31(28,29)18-12-27(14-5-2-1-3-6-14)25-19(18)17-7-4-10-30-17/h1-12,26H. The van der Waals surface area contributed by atoms with Crippen molar-refractivity contribution in [3.8, 4) is 16.3 Å². The van der Waals surface area contributed by atoms with Gasteiger partial charge < -0.3 is 0 Å². The number of rotatable bonds is 5. The van der Waals surface area contributed by atoms with Gasteiger partial charge in [-0.1, -0.05) is 24.3 Å². The lowest BCUT2D eigenvalue weighted by Crippen LogP contribution is -2.15. The van der Waals surface area contributed by atoms with Crippen molar-refractivity contribution in [3.05, 3.63) is 83.6 Å². The summed E-state index contributed by atoms with van der Waals surface area (Å²) in [6, 6.07) is 14.1. The highest BCUT2D eigenvalue weighted by Crippen LogP contribution is 2.35. The fourth-order valence-corrected chi connectivity index (χ4v) is 4.85. The Morgan fingerprint density at radius 3 is 2.39 bits per heavy atom. The minimum atomic E-state index is -4.97. The van der Waals surface area contributed by atoms with E-state index in [4.69, 9.17) is 0 Å². The highest BCUT2D eigenvalue weighted by Gasteiger charge is 2.35. The molecule has 4 rings (SSSR count). The molecule has 0 unspecified atom stereocenters. The molecular weight excluding hydrogens is 454 g/mol. The van der Waals surface area contributed by atoms with Crippen molar-refractivity contribution in [1.82, 2.24) is 9.78 Å². The van der Waals surface area contributed by atoms with E-state index in [9.17, 15) is 26.0 Å². The van der Waals surface area contributed by atoms with Gasteiger partial charge in [-0.2, -0.15) is 18.3 Å². The predicted octanol–water partition coefficient (Wildman–Crippen LogP) is 5.56. The molecule has 0 bridgehead atoms. The molecule has 4 aromatic rings. The van der Waals surface area contributed by atoms with Gasteiger partial charge in [0.15, 0.2) is 0 Å². The molecule has 2 aromatic carbocycles. The van der Waals surface area contributed by atoms with Crippen LogP contribution in [0.3, 0.4) is 0 Å². The van der Waals surface area contributed by atoms with Crippen LogP contribution in [-0.2, 0) is 16.2 Å². The average Bonchev–Trinajstić information content (AvgIpc) is 3.39. The first kappa shape index (κ1) is 21.1. The van der Waals surface area contributed by atoms with Gasteiger partial charge in [0.2, 0.25) is 0 Å². The number of hydrogen-bond donors (Lipinski definition) is 1. The van der Waals surface area contributed by atoms with E-state index in [-0.39, 0.29) is 10.6 Å². The lowest BCUT2D eigenvalue weighted by atomic mass is 10.2. The van der Waals surface area contributed by atoms with Gasteiger partial charge in [0.05, 0.1) is 22.3 Å². The van der Waals surface area contributed by atoms with Crippen LogP contribution in [0.2, 0.25) is 0 Å². The molecule has 0 radical (unpaired) electrons. The zero-order chi connectivity index (χ0) is 22.2. The van der Waals surface area contributed by atoms with Gasteiger partial charge in [0.1, 0.15) is 16.4 Å². The molecule has 0 amide bonds. The maximum atomic E-state index is 13.6. The van der Waals surface area contributed by atoms with Crippen LogP contribution in [0.15, 0.2) is 77.1 Å². The van der Waals surface area contributed by atoms with Crippen LogP contribution in [0.5, 0.6) is 0 Å². The third-order valence-electron chi connectivity index (χ3n) is 4.27. The number of alkyl halides is 3. The fourth-order valence-electron chi connectivity index (χ4n) is 2.87. The molecule has 0 aliphatic carbocycles. The molecule has 0 atom stereocenters. The Labute approximate surface area is 178 Å². The van der Waals surface area contributed by atoms with Crippen molar-refractivity contribution in [1.29, 1.82) is 0 Å². The van der Waals surface area contributed by atoms with Crippen molar-refractivity contribution >= 4 is 27.0 Å². The number of sulfonamides is 1. The minimum absolute atomic E-state index is 0.143. The first-order valence-electron chi connectivity index (χ1n) is 8.74. The van der Waals surface area contributed by atoms with Crippen molar-refractivity contribution in [2.45, 2.75) is 11.1 Å². The lowest BCUT2D eigenvalue weighted by molar-refractivity contribution is -0.139. The number of anilines is 1. The third kappa shape index (κ3) is 4.32. The second kappa shape index (κ2) is 7.82. The summed E-state index contributed by atoms with van der Waals surface area (Å²) in [6.45, 7) is 0. The summed E-state index contributed by atoms with van der Waals surface area (Å²) < 4.78 is 82.2. The van der Waals surface area contributed by atoms with E-state index < -0.39 is 33.3 Å². The van der Waals surface area contributed by atoms with Crippen LogP contribution in [0.25, 0.3) is 16.3 Å². The van der Waals surface area contributed by atoms with Gasteiger partial charge in [-0.25, -0.2) is 17.5 Å². The molecule has 0 saturated carbocycles. The number of benzene rings is 2. The Hall–Kier alpha value is -3.18. The number of nitrogens with zero attached hydrogens (tertiary/aromatic N) is 2. The van der Waals surface area contributed by atoms with Crippen LogP contribution >= 0.6 is 11.3 Å². The highest BCUT2D eigenvalue weighted by atomic mass is 32.2. The lowest BCUT2D eigenvalue weighted by Gasteiger charge is -2.12. The molecule has 11 heteroatoms. The summed E-state index contributed by atoms with van der Waals surface area (Å²) in [5, 5.41) is 6.12. The third-order valence-corrected chi connectivity index (χ3v) is 6.53. The Kier molecular flexibility index (Phi) is 5.31. The van der Waals surface area contributed by atoms with Gasteiger partial charge in [-0.15, -0.1) is 11.3 Å². The molecule has 2 heterocycles. The van der Waals surface area contributed by atoms with E-state index in [1.165, 1.54) is 22.2 Å². The number of nitrogens with one attached hydrogen (secondary N) is 1. The van der Waals surface area contributed by atoms with Gasteiger partial charge in [-0.05, 0) is 41.8 Å². The van der Waals surface area contributed by atoms with E-state index in [0.717, 1.165) is 6.07 Å². The van der Waals surface area contributed by atoms with Crippen molar-refractivity contribution < 1.29 is 26.0 Å². The molecule has 0 aliphatic heterocycles. The highest BCUT2D eigenvalue weighted by molar-refractivity contribution is 7.92. The first-order chi connectivity index (χ1) is 14.6. The maximum Gasteiger partial charge on any atom is 0.419 e.